The van der Waals surface area contributed by atoms with Gasteiger partial charge in [-0.25, -0.2) is 9.97 Å². The zero-order valence-corrected chi connectivity index (χ0v) is 19.4. The fourth-order valence-corrected chi connectivity index (χ4v) is 5.12. The van der Waals surface area contributed by atoms with Crippen molar-refractivity contribution in [3.05, 3.63) is 34.4 Å². The van der Waals surface area contributed by atoms with Crippen molar-refractivity contribution in [1.29, 1.82) is 0 Å². The zero-order valence-electron chi connectivity index (χ0n) is 17.8. The van der Waals surface area contributed by atoms with Gasteiger partial charge in [0.25, 0.3) is 0 Å². The van der Waals surface area contributed by atoms with E-state index in [0.717, 1.165) is 12.8 Å². The molecular formula is C22H25Cl2N7O2. The molecule has 3 aromatic rings. The lowest BCUT2D eigenvalue weighted by molar-refractivity contribution is -0.122. The Hall–Kier alpha value is -2.62. The van der Waals surface area contributed by atoms with E-state index in [0.29, 0.717) is 64.5 Å². The smallest absolute Gasteiger partial charge is 0.224 e. The largest absolute Gasteiger partial charge is 0.393 e. The van der Waals surface area contributed by atoms with E-state index in [1.165, 1.54) is 0 Å². The summed E-state index contributed by atoms with van der Waals surface area (Å²) in [6.07, 6.45) is 5.73. The Balaban J connectivity index is 1.52. The molecule has 2 saturated carbocycles. The molecule has 174 valence electrons. The topological polar surface area (TPSA) is 131 Å². The third-order valence-electron chi connectivity index (χ3n) is 6.54. The molecule has 9 nitrogen and oxygen atoms in total. The number of hydrogen-bond donors (Lipinski definition) is 4. The van der Waals surface area contributed by atoms with Crippen LogP contribution in [0.3, 0.4) is 0 Å². The first-order valence-corrected chi connectivity index (χ1v) is 11.8. The number of amides is 1. The number of nitrogens with two attached hydrogens (primary N) is 1. The number of aromatic nitrogens is 4. The Morgan fingerprint density at radius 3 is 2.45 bits per heavy atom. The first kappa shape index (κ1) is 22.2. The lowest BCUT2D eigenvalue weighted by atomic mass is 9.85. The number of benzene rings is 1. The molecule has 0 bridgehead atoms. The highest BCUT2D eigenvalue weighted by atomic mass is 35.5. The number of anilines is 3. The molecule has 0 unspecified atom stereocenters. The number of nitrogens with one attached hydrogen (secondary N) is 2. The maximum atomic E-state index is 11.7. The van der Waals surface area contributed by atoms with Crippen LogP contribution in [0.4, 0.5) is 17.6 Å². The third kappa shape index (κ3) is 4.45. The van der Waals surface area contributed by atoms with E-state index >= 15 is 0 Å². The van der Waals surface area contributed by atoms with Gasteiger partial charge >= 0.3 is 0 Å². The second kappa shape index (κ2) is 8.96. The molecule has 1 amide bonds. The van der Waals surface area contributed by atoms with Crippen molar-refractivity contribution < 1.29 is 9.90 Å². The van der Waals surface area contributed by atoms with Crippen molar-refractivity contribution in [2.24, 2.45) is 11.7 Å². The van der Waals surface area contributed by atoms with E-state index in [1.807, 2.05) is 0 Å². The molecule has 5 rings (SSSR count). The van der Waals surface area contributed by atoms with Crippen molar-refractivity contribution in [1.82, 2.24) is 19.5 Å². The molecule has 0 spiro atoms. The summed E-state index contributed by atoms with van der Waals surface area (Å²) in [5, 5.41) is 17.1. The highest BCUT2D eigenvalue weighted by molar-refractivity contribution is 6.39. The number of hydrogen-bond acceptors (Lipinski definition) is 7. The molecule has 2 fully saturated rings. The summed E-state index contributed by atoms with van der Waals surface area (Å²) in [6.45, 7) is 0. The average molecular weight is 490 g/mol. The number of nitrogens with zero attached hydrogens (tertiary/aromatic N) is 4. The molecule has 0 aliphatic heterocycles. The summed E-state index contributed by atoms with van der Waals surface area (Å²) in [4.78, 5) is 25.6. The van der Waals surface area contributed by atoms with Gasteiger partial charge in [0.2, 0.25) is 17.8 Å². The van der Waals surface area contributed by atoms with E-state index in [4.69, 9.17) is 38.9 Å². The van der Waals surface area contributed by atoms with Gasteiger partial charge in [-0.3, -0.25) is 9.36 Å². The van der Waals surface area contributed by atoms with Crippen LogP contribution in [0.15, 0.2) is 24.4 Å². The predicted molar refractivity (Wildman–Crippen MR) is 128 cm³/mol. The zero-order chi connectivity index (χ0) is 23.1. The highest BCUT2D eigenvalue weighted by Gasteiger charge is 2.30. The second-order valence-electron chi connectivity index (χ2n) is 8.80. The average Bonchev–Trinajstić information content (AvgIpc) is 3.12. The van der Waals surface area contributed by atoms with Crippen LogP contribution in [0, 0.1) is 5.92 Å². The molecule has 2 aliphatic rings. The number of aliphatic hydroxyl groups excluding tert-OH is 1. The van der Waals surface area contributed by atoms with Gasteiger partial charge < -0.3 is 21.5 Å². The lowest BCUT2D eigenvalue weighted by Crippen LogP contribution is -2.39. The van der Waals surface area contributed by atoms with Crippen molar-refractivity contribution >= 4 is 57.9 Å². The normalized spacial score (nSPS) is 24.9. The molecule has 2 aliphatic carbocycles. The molecule has 5 N–H and O–H groups in total. The molecular weight excluding hydrogens is 465 g/mol. The molecule has 0 radical (unpaired) electrons. The number of rotatable bonds is 6. The Bertz CT molecular complexity index is 1170. The number of imidazole rings is 1. The van der Waals surface area contributed by atoms with Crippen molar-refractivity contribution in [2.75, 3.05) is 10.6 Å². The van der Waals surface area contributed by atoms with E-state index in [-0.39, 0.29) is 30.0 Å². The van der Waals surface area contributed by atoms with E-state index < -0.39 is 0 Å². The molecule has 2 heterocycles. The standard InChI is InChI=1S/C22H25Cl2N7O2/c23-15-2-1-3-16(24)18(15)29-22-28-17-10-26-21(27-12-8-14(32)9-12)30-20(17)31(22)13-6-4-11(5-7-13)19(25)33/h1-3,10-14,32H,4-9H2,(H2,25,33)(H,28,29)(H,26,27,30). The quantitative estimate of drug-likeness (QED) is 0.410. The van der Waals surface area contributed by atoms with Gasteiger partial charge in [0.15, 0.2) is 5.65 Å². The number of carbonyl (C=O) groups is 1. The van der Waals surface area contributed by atoms with Gasteiger partial charge in [-0.1, -0.05) is 29.3 Å². The van der Waals surface area contributed by atoms with Crippen LogP contribution < -0.4 is 16.4 Å². The van der Waals surface area contributed by atoms with Crippen LogP contribution in [0.1, 0.15) is 44.6 Å². The number of primary amides is 1. The Kier molecular flexibility index (Phi) is 6.03. The number of para-hydroxylation sites is 1. The van der Waals surface area contributed by atoms with Crippen LogP contribution in [-0.2, 0) is 4.79 Å². The number of fused-ring (bicyclic) bond motifs is 1. The summed E-state index contributed by atoms with van der Waals surface area (Å²) in [5.74, 6) is 0.700. The molecule has 2 aromatic heterocycles. The Labute approximate surface area is 200 Å². The van der Waals surface area contributed by atoms with Crippen molar-refractivity contribution in [3.8, 4) is 0 Å². The van der Waals surface area contributed by atoms with Gasteiger partial charge in [0.1, 0.15) is 5.52 Å². The summed E-state index contributed by atoms with van der Waals surface area (Å²) >= 11 is 12.8. The SMILES string of the molecule is NC(=O)C1CCC(n2c(Nc3c(Cl)cccc3Cl)nc3cnc(NC4CC(O)C4)nc32)CC1. The van der Waals surface area contributed by atoms with Crippen molar-refractivity contribution in [3.63, 3.8) is 0 Å². The minimum absolute atomic E-state index is 0.0719. The minimum Gasteiger partial charge on any atom is -0.393 e. The third-order valence-corrected chi connectivity index (χ3v) is 7.17. The van der Waals surface area contributed by atoms with Crippen LogP contribution >= 0.6 is 23.2 Å². The van der Waals surface area contributed by atoms with Crippen LogP contribution in [0.2, 0.25) is 10.0 Å². The summed E-state index contributed by atoms with van der Waals surface area (Å²) in [5.41, 5.74) is 7.42. The first-order chi connectivity index (χ1) is 15.9. The Morgan fingerprint density at radius 1 is 1.12 bits per heavy atom. The number of halogens is 2. The van der Waals surface area contributed by atoms with Crippen LogP contribution in [-0.4, -0.2) is 42.7 Å². The maximum Gasteiger partial charge on any atom is 0.224 e. The van der Waals surface area contributed by atoms with Gasteiger partial charge in [0.05, 0.1) is 28.0 Å². The summed E-state index contributed by atoms with van der Waals surface area (Å²) < 4.78 is 2.05. The fourth-order valence-electron chi connectivity index (χ4n) is 4.63. The molecule has 0 saturated heterocycles. The van der Waals surface area contributed by atoms with Gasteiger partial charge in [-0.2, -0.15) is 4.98 Å². The van der Waals surface area contributed by atoms with E-state index in [2.05, 4.69) is 20.2 Å². The van der Waals surface area contributed by atoms with Crippen LogP contribution in [0.25, 0.3) is 11.2 Å². The van der Waals surface area contributed by atoms with Gasteiger partial charge in [-0.05, 0) is 50.7 Å². The van der Waals surface area contributed by atoms with Crippen LogP contribution in [0.5, 0.6) is 0 Å². The highest BCUT2D eigenvalue weighted by Crippen LogP contribution is 2.39. The maximum absolute atomic E-state index is 11.7. The van der Waals surface area contributed by atoms with Gasteiger partial charge in [-0.15, -0.1) is 0 Å². The minimum atomic E-state index is -0.270. The summed E-state index contributed by atoms with van der Waals surface area (Å²) in [7, 11) is 0. The fraction of sp³-hybridized carbons (Fsp3) is 0.455. The molecule has 33 heavy (non-hydrogen) atoms. The van der Waals surface area contributed by atoms with Crippen molar-refractivity contribution in [2.45, 2.75) is 56.7 Å². The summed E-state index contributed by atoms with van der Waals surface area (Å²) in [6, 6.07) is 5.53. The van der Waals surface area contributed by atoms with E-state index in [9.17, 15) is 9.90 Å². The monoisotopic (exact) mass is 489 g/mol. The molecule has 11 heteroatoms. The van der Waals surface area contributed by atoms with Gasteiger partial charge in [0, 0.05) is 18.0 Å². The Morgan fingerprint density at radius 2 is 1.82 bits per heavy atom. The lowest BCUT2D eigenvalue weighted by Gasteiger charge is -2.32. The second-order valence-corrected chi connectivity index (χ2v) is 9.62. The first-order valence-electron chi connectivity index (χ1n) is 11.1. The number of carbonyl (C=O) groups excluding carboxylic acids is 1. The predicted octanol–water partition coefficient (Wildman–Crippen LogP) is 4.03. The number of aliphatic hydroxyl groups is 1. The van der Waals surface area contributed by atoms with E-state index in [1.54, 1.807) is 24.4 Å². The molecule has 0 atom stereocenters. The molecule has 1 aromatic carbocycles.